The lowest BCUT2D eigenvalue weighted by Crippen LogP contribution is -2.55. The van der Waals surface area contributed by atoms with Crippen LogP contribution in [0.3, 0.4) is 0 Å². The number of carbonyl (C=O) groups excluding carboxylic acids is 1. The monoisotopic (exact) mass is 358 g/mol. The maximum Gasteiger partial charge on any atom is 0.220 e. The molecule has 24 heavy (non-hydrogen) atoms. The third-order valence-corrected chi connectivity index (χ3v) is 4.07. The first-order chi connectivity index (χ1) is 10.9. The molecule has 1 amide bonds. The number of hydrogen-bond donors (Lipinski definition) is 2. The molecule has 138 valence electrons. The Morgan fingerprint density at radius 2 is 1.75 bits per heavy atom. The molecule has 6 heteroatoms. The number of nitrogens with one attached hydrogen (secondary N) is 1. The Morgan fingerprint density at radius 3 is 2.21 bits per heavy atom. The van der Waals surface area contributed by atoms with E-state index in [2.05, 4.69) is 19.2 Å². The molecule has 0 aliphatic heterocycles. The van der Waals surface area contributed by atoms with E-state index in [4.69, 9.17) is 15.2 Å². The first-order valence-corrected chi connectivity index (χ1v) is 8.28. The lowest BCUT2D eigenvalue weighted by Gasteiger charge is -2.33. The molecule has 0 aromatic heterocycles. The Labute approximate surface area is 151 Å². The molecule has 1 aromatic carbocycles. The van der Waals surface area contributed by atoms with Crippen molar-refractivity contribution in [2.45, 2.75) is 46.1 Å². The van der Waals surface area contributed by atoms with E-state index in [-0.39, 0.29) is 29.8 Å². The van der Waals surface area contributed by atoms with Gasteiger partial charge in [-0.2, -0.15) is 0 Å². The largest absolute Gasteiger partial charge is 0.494 e. The smallest absolute Gasteiger partial charge is 0.220 e. The quantitative estimate of drug-likeness (QED) is 0.630. The van der Waals surface area contributed by atoms with Crippen LogP contribution in [0.1, 0.15) is 40.5 Å². The highest BCUT2D eigenvalue weighted by Crippen LogP contribution is 2.18. The van der Waals surface area contributed by atoms with Gasteiger partial charge in [-0.1, -0.05) is 13.8 Å². The molecule has 0 spiro atoms. The molecule has 5 nitrogen and oxygen atoms in total. The summed E-state index contributed by atoms with van der Waals surface area (Å²) in [6, 6.07) is 7.49. The fourth-order valence-corrected chi connectivity index (χ4v) is 2.03. The van der Waals surface area contributed by atoms with Crippen LogP contribution in [0, 0.1) is 5.92 Å². The van der Waals surface area contributed by atoms with E-state index >= 15 is 0 Å². The maximum atomic E-state index is 12.0. The van der Waals surface area contributed by atoms with Gasteiger partial charge in [-0.3, -0.25) is 4.79 Å². The molecule has 0 bridgehead atoms. The Bertz CT molecular complexity index is 480. The number of carbonyl (C=O) groups is 1. The molecule has 3 N–H and O–H groups in total. The van der Waals surface area contributed by atoms with E-state index in [1.165, 1.54) is 0 Å². The molecular weight excluding hydrogens is 328 g/mol. The van der Waals surface area contributed by atoms with Gasteiger partial charge in [0, 0.05) is 13.0 Å². The summed E-state index contributed by atoms with van der Waals surface area (Å²) >= 11 is 0. The zero-order valence-corrected chi connectivity index (χ0v) is 15.9. The average molecular weight is 359 g/mol. The second-order valence-electron chi connectivity index (χ2n) is 6.18. The van der Waals surface area contributed by atoms with Crippen molar-refractivity contribution in [2.24, 2.45) is 11.7 Å². The van der Waals surface area contributed by atoms with Gasteiger partial charge in [-0.05, 0) is 50.5 Å². The van der Waals surface area contributed by atoms with Gasteiger partial charge in [-0.15, -0.1) is 12.4 Å². The summed E-state index contributed by atoms with van der Waals surface area (Å²) in [5, 5.41) is 3.03. The normalized spacial score (nSPS) is 12.9. The summed E-state index contributed by atoms with van der Waals surface area (Å²) in [5.74, 6) is 1.91. The fraction of sp³-hybridized carbons (Fsp3) is 0.611. The van der Waals surface area contributed by atoms with Crippen molar-refractivity contribution >= 4 is 18.3 Å². The van der Waals surface area contributed by atoms with E-state index in [1.54, 1.807) is 0 Å². The minimum atomic E-state index is -0.354. The van der Waals surface area contributed by atoms with Crippen molar-refractivity contribution in [1.82, 2.24) is 5.32 Å². The first kappa shape index (κ1) is 22.5. The van der Waals surface area contributed by atoms with Gasteiger partial charge in [0.05, 0.1) is 18.8 Å². The number of benzene rings is 1. The van der Waals surface area contributed by atoms with Crippen molar-refractivity contribution in [1.29, 1.82) is 0 Å². The summed E-state index contributed by atoms with van der Waals surface area (Å²) in [5.41, 5.74) is 5.42. The van der Waals surface area contributed by atoms with Crippen molar-refractivity contribution in [3.63, 3.8) is 0 Å². The third kappa shape index (κ3) is 7.41. The third-order valence-electron chi connectivity index (χ3n) is 4.07. The Morgan fingerprint density at radius 1 is 1.21 bits per heavy atom. The summed E-state index contributed by atoms with van der Waals surface area (Å²) < 4.78 is 11.0. The molecule has 0 fully saturated rings. The van der Waals surface area contributed by atoms with Gasteiger partial charge in [0.2, 0.25) is 5.91 Å². The number of halogens is 1. The minimum Gasteiger partial charge on any atom is -0.494 e. The number of ether oxygens (including phenoxy) is 2. The molecule has 0 radical (unpaired) electrons. The highest BCUT2D eigenvalue weighted by Gasteiger charge is 2.28. The van der Waals surface area contributed by atoms with Crippen molar-refractivity contribution in [2.75, 3.05) is 19.8 Å². The molecule has 0 aliphatic rings. The maximum absolute atomic E-state index is 12.0. The molecule has 1 aromatic rings. The lowest BCUT2D eigenvalue weighted by atomic mass is 9.88. The predicted octanol–water partition coefficient (Wildman–Crippen LogP) is 3.16. The van der Waals surface area contributed by atoms with Crippen LogP contribution < -0.4 is 20.5 Å². The zero-order chi connectivity index (χ0) is 17.3. The van der Waals surface area contributed by atoms with Gasteiger partial charge in [-0.25, -0.2) is 0 Å². The van der Waals surface area contributed by atoms with Gasteiger partial charge < -0.3 is 20.5 Å². The SMILES string of the molecule is CCOc1ccc(OCCCC(=O)NC(C)(CN)C(C)C)cc1.Cl. The van der Waals surface area contributed by atoms with E-state index in [9.17, 15) is 4.79 Å². The molecule has 0 aliphatic carbocycles. The molecule has 0 saturated heterocycles. The van der Waals surface area contributed by atoms with Crippen LogP contribution in [-0.2, 0) is 4.79 Å². The van der Waals surface area contributed by atoms with Crippen LogP contribution in [0.5, 0.6) is 11.5 Å². The second kappa shape index (κ2) is 11.2. The molecule has 0 heterocycles. The predicted molar refractivity (Wildman–Crippen MR) is 100 cm³/mol. The lowest BCUT2D eigenvalue weighted by molar-refractivity contribution is -0.123. The van der Waals surface area contributed by atoms with Gasteiger partial charge in [0.25, 0.3) is 0 Å². The van der Waals surface area contributed by atoms with Crippen molar-refractivity contribution in [3.8, 4) is 11.5 Å². The van der Waals surface area contributed by atoms with Crippen LogP contribution in [0.15, 0.2) is 24.3 Å². The minimum absolute atomic E-state index is 0. The van der Waals surface area contributed by atoms with Crippen LogP contribution in [0.4, 0.5) is 0 Å². The first-order valence-electron chi connectivity index (χ1n) is 8.28. The highest BCUT2D eigenvalue weighted by atomic mass is 35.5. The van der Waals surface area contributed by atoms with E-state index in [0.717, 1.165) is 11.5 Å². The number of nitrogens with two attached hydrogens (primary N) is 1. The van der Waals surface area contributed by atoms with Crippen molar-refractivity contribution < 1.29 is 14.3 Å². The Balaban J connectivity index is 0.00000529. The summed E-state index contributed by atoms with van der Waals surface area (Å²) in [7, 11) is 0. The molecule has 1 atom stereocenters. The average Bonchev–Trinajstić information content (AvgIpc) is 2.53. The van der Waals surface area contributed by atoms with Crippen LogP contribution >= 0.6 is 12.4 Å². The molecule has 0 saturated carbocycles. The molecule has 1 unspecified atom stereocenters. The zero-order valence-electron chi connectivity index (χ0n) is 15.1. The van der Waals surface area contributed by atoms with E-state index < -0.39 is 0 Å². The van der Waals surface area contributed by atoms with Crippen LogP contribution in [-0.4, -0.2) is 31.2 Å². The molecule has 1 rings (SSSR count). The van der Waals surface area contributed by atoms with Crippen molar-refractivity contribution in [3.05, 3.63) is 24.3 Å². The second-order valence-corrected chi connectivity index (χ2v) is 6.18. The number of rotatable bonds is 10. The number of amides is 1. The summed E-state index contributed by atoms with van der Waals surface area (Å²) in [6.07, 6.45) is 1.09. The van der Waals surface area contributed by atoms with Gasteiger partial charge in [0.1, 0.15) is 11.5 Å². The number of hydrogen-bond acceptors (Lipinski definition) is 4. The summed E-state index contributed by atoms with van der Waals surface area (Å²) in [4.78, 5) is 12.0. The van der Waals surface area contributed by atoms with Gasteiger partial charge in [0.15, 0.2) is 0 Å². The summed E-state index contributed by atoms with van der Waals surface area (Å²) in [6.45, 7) is 9.62. The standard InChI is InChI=1S/C18H30N2O3.ClH/c1-5-22-15-8-10-16(11-9-15)23-12-6-7-17(21)20-18(4,13-19)14(2)3;/h8-11,14H,5-7,12-13,19H2,1-4H3,(H,20,21);1H. The fourth-order valence-electron chi connectivity index (χ4n) is 2.03. The van der Waals surface area contributed by atoms with E-state index in [1.807, 2.05) is 38.1 Å². The van der Waals surface area contributed by atoms with Crippen LogP contribution in [0.25, 0.3) is 0 Å². The Kier molecular flexibility index (Phi) is 10.5. The van der Waals surface area contributed by atoms with Gasteiger partial charge >= 0.3 is 0 Å². The Hall–Kier alpha value is -1.46. The molecular formula is C18H31ClN2O3. The van der Waals surface area contributed by atoms with Crippen LogP contribution in [0.2, 0.25) is 0 Å². The highest BCUT2D eigenvalue weighted by molar-refractivity contribution is 5.85. The van der Waals surface area contributed by atoms with E-state index in [0.29, 0.717) is 32.6 Å². The topological polar surface area (TPSA) is 73.6 Å².